The fraction of sp³-hybridized carbons (Fsp3) is 0.0333. The maximum Gasteiger partial charge on any atom is 0.271 e. The van der Waals surface area contributed by atoms with Crippen LogP contribution in [0.15, 0.2) is 120 Å². The smallest absolute Gasteiger partial charge is 0.271 e. The Morgan fingerprint density at radius 2 is 1.67 bits per heavy atom. The standard InChI is InChI=1S/C30H23N5O4/c36-30(24-10-7-13-27(18-24)35(37)38)32-31-19-25-20-34(26-11-5-2-6-12-26)33-29(25)23-14-16-28(17-15-23)39-21-22-8-3-1-4-9-22/h1-20H,21H2,(H,32,36). The molecule has 192 valence electrons. The Hall–Kier alpha value is -5.57. The third kappa shape index (κ3) is 6.23. The number of hydrogen-bond donors (Lipinski definition) is 1. The maximum atomic E-state index is 12.5. The van der Waals surface area contributed by atoms with Gasteiger partial charge < -0.3 is 4.74 Å². The van der Waals surface area contributed by atoms with Gasteiger partial charge in [-0.25, -0.2) is 10.1 Å². The number of nitrogens with zero attached hydrogens (tertiary/aromatic N) is 4. The van der Waals surface area contributed by atoms with Crippen molar-refractivity contribution in [1.29, 1.82) is 0 Å². The minimum atomic E-state index is -0.563. The van der Waals surface area contributed by atoms with Gasteiger partial charge in [0.05, 0.1) is 16.8 Å². The zero-order valence-corrected chi connectivity index (χ0v) is 20.7. The predicted octanol–water partition coefficient (Wildman–Crippen LogP) is 5.79. The molecule has 1 aromatic heterocycles. The van der Waals surface area contributed by atoms with E-state index in [1.165, 1.54) is 30.5 Å². The Kier molecular flexibility index (Phi) is 7.50. The summed E-state index contributed by atoms with van der Waals surface area (Å²) in [6.45, 7) is 0.463. The summed E-state index contributed by atoms with van der Waals surface area (Å²) in [5.74, 6) is 0.163. The first-order chi connectivity index (χ1) is 19.1. The number of aromatic nitrogens is 2. The molecule has 5 rings (SSSR count). The van der Waals surface area contributed by atoms with Crippen LogP contribution in [0.25, 0.3) is 16.9 Å². The predicted molar refractivity (Wildman–Crippen MR) is 148 cm³/mol. The highest BCUT2D eigenvalue weighted by Crippen LogP contribution is 2.25. The molecule has 0 atom stereocenters. The summed E-state index contributed by atoms with van der Waals surface area (Å²) in [5, 5.41) is 19.9. The van der Waals surface area contributed by atoms with Crippen molar-refractivity contribution in [3.63, 3.8) is 0 Å². The van der Waals surface area contributed by atoms with Crippen molar-refractivity contribution in [2.45, 2.75) is 6.61 Å². The van der Waals surface area contributed by atoms with Gasteiger partial charge >= 0.3 is 0 Å². The van der Waals surface area contributed by atoms with Crippen molar-refractivity contribution in [2.75, 3.05) is 0 Å². The SMILES string of the molecule is O=C(NN=Cc1cn(-c2ccccc2)nc1-c1ccc(OCc2ccccc2)cc1)c1cccc([N+](=O)[O-])c1. The molecule has 1 heterocycles. The van der Waals surface area contributed by atoms with Crippen LogP contribution in [0, 0.1) is 10.1 Å². The van der Waals surface area contributed by atoms with Gasteiger partial charge in [0.25, 0.3) is 11.6 Å². The normalized spacial score (nSPS) is 10.9. The van der Waals surface area contributed by atoms with Gasteiger partial charge in [0.15, 0.2) is 0 Å². The van der Waals surface area contributed by atoms with E-state index in [0.717, 1.165) is 22.6 Å². The molecule has 0 aliphatic carbocycles. The Bertz CT molecular complexity index is 1610. The molecule has 0 saturated heterocycles. The van der Waals surface area contributed by atoms with Crippen LogP contribution in [-0.4, -0.2) is 26.8 Å². The molecule has 0 aliphatic rings. The third-order valence-corrected chi connectivity index (χ3v) is 5.83. The van der Waals surface area contributed by atoms with Crippen molar-refractivity contribution in [3.05, 3.63) is 142 Å². The lowest BCUT2D eigenvalue weighted by atomic mass is 10.1. The largest absolute Gasteiger partial charge is 0.489 e. The van der Waals surface area contributed by atoms with Crippen LogP contribution in [0.1, 0.15) is 21.5 Å². The van der Waals surface area contributed by atoms with Gasteiger partial charge in [0, 0.05) is 35.0 Å². The Morgan fingerprint density at radius 3 is 2.38 bits per heavy atom. The summed E-state index contributed by atoms with van der Waals surface area (Å²) in [6, 6.07) is 32.6. The molecule has 0 spiro atoms. The molecular formula is C30H23N5O4. The van der Waals surface area contributed by atoms with Crippen molar-refractivity contribution in [3.8, 4) is 22.7 Å². The lowest BCUT2D eigenvalue weighted by Crippen LogP contribution is -2.17. The fourth-order valence-electron chi connectivity index (χ4n) is 3.85. The number of nitro benzene ring substituents is 1. The highest BCUT2D eigenvalue weighted by molar-refractivity contribution is 5.96. The van der Waals surface area contributed by atoms with E-state index >= 15 is 0 Å². The Balaban J connectivity index is 1.37. The van der Waals surface area contributed by atoms with Crippen LogP contribution in [0.5, 0.6) is 5.75 Å². The number of amides is 1. The second kappa shape index (κ2) is 11.7. The second-order valence-corrected chi connectivity index (χ2v) is 8.52. The van der Waals surface area contributed by atoms with Crippen molar-refractivity contribution >= 4 is 17.8 Å². The minimum Gasteiger partial charge on any atom is -0.489 e. The fourth-order valence-corrected chi connectivity index (χ4v) is 3.85. The Labute approximate surface area is 224 Å². The topological polar surface area (TPSA) is 112 Å². The van der Waals surface area contributed by atoms with Crippen molar-refractivity contribution in [2.24, 2.45) is 5.10 Å². The molecule has 39 heavy (non-hydrogen) atoms. The lowest BCUT2D eigenvalue weighted by Gasteiger charge is -2.07. The molecule has 5 aromatic rings. The van der Waals surface area contributed by atoms with Crippen LogP contribution < -0.4 is 10.2 Å². The number of carbonyl (C=O) groups excluding carboxylic acids is 1. The zero-order chi connectivity index (χ0) is 27.0. The average molecular weight is 518 g/mol. The number of benzene rings is 4. The number of para-hydroxylation sites is 1. The number of hydrazone groups is 1. The molecule has 0 bridgehead atoms. The molecule has 0 fully saturated rings. The number of rotatable bonds is 9. The molecule has 1 amide bonds. The number of non-ortho nitro benzene ring substituents is 1. The summed E-state index contributed by atoms with van der Waals surface area (Å²) in [5.41, 5.74) is 6.49. The van der Waals surface area contributed by atoms with Crippen molar-refractivity contribution in [1.82, 2.24) is 15.2 Å². The second-order valence-electron chi connectivity index (χ2n) is 8.52. The first kappa shape index (κ1) is 25.1. The van der Waals surface area contributed by atoms with E-state index in [-0.39, 0.29) is 11.3 Å². The Morgan fingerprint density at radius 1 is 0.949 bits per heavy atom. The van der Waals surface area contributed by atoms with Gasteiger partial charge in [0.1, 0.15) is 18.1 Å². The third-order valence-electron chi connectivity index (χ3n) is 5.83. The first-order valence-corrected chi connectivity index (χ1v) is 12.1. The number of ether oxygens (including phenoxy) is 1. The van der Waals surface area contributed by atoms with Crippen LogP contribution >= 0.6 is 0 Å². The van der Waals surface area contributed by atoms with E-state index in [0.29, 0.717) is 17.9 Å². The summed E-state index contributed by atoms with van der Waals surface area (Å²) in [6.07, 6.45) is 3.31. The van der Waals surface area contributed by atoms with E-state index in [2.05, 4.69) is 10.5 Å². The van der Waals surface area contributed by atoms with Gasteiger partial charge in [-0.2, -0.15) is 10.2 Å². The first-order valence-electron chi connectivity index (χ1n) is 12.1. The molecule has 9 nitrogen and oxygen atoms in total. The molecule has 0 saturated carbocycles. The monoisotopic (exact) mass is 517 g/mol. The van der Waals surface area contributed by atoms with Crippen LogP contribution in [0.4, 0.5) is 5.69 Å². The van der Waals surface area contributed by atoms with E-state index in [1.54, 1.807) is 4.68 Å². The van der Waals surface area contributed by atoms with Gasteiger partial charge in [-0.1, -0.05) is 54.6 Å². The van der Waals surface area contributed by atoms with Gasteiger partial charge in [-0.05, 0) is 48.0 Å². The van der Waals surface area contributed by atoms with Crippen LogP contribution in [0.3, 0.4) is 0 Å². The number of nitro groups is 1. The number of carbonyl (C=O) groups is 1. The van der Waals surface area contributed by atoms with E-state index in [9.17, 15) is 14.9 Å². The van der Waals surface area contributed by atoms with E-state index in [4.69, 9.17) is 9.84 Å². The summed E-state index contributed by atoms with van der Waals surface area (Å²) < 4.78 is 7.64. The zero-order valence-electron chi connectivity index (χ0n) is 20.7. The van der Waals surface area contributed by atoms with Gasteiger partial charge in [0.2, 0.25) is 0 Å². The van der Waals surface area contributed by atoms with Gasteiger partial charge in [-0.15, -0.1) is 0 Å². The molecule has 4 aromatic carbocycles. The lowest BCUT2D eigenvalue weighted by molar-refractivity contribution is -0.384. The highest BCUT2D eigenvalue weighted by atomic mass is 16.6. The number of nitrogens with one attached hydrogen (secondary N) is 1. The van der Waals surface area contributed by atoms with E-state index < -0.39 is 10.8 Å². The van der Waals surface area contributed by atoms with Crippen LogP contribution in [0.2, 0.25) is 0 Å². The molecule has 1 N–H and O–H groups in total. The van der Waals surface area contributed by atoms with E-state index in [1.807, 2.05) is 91.1 Å². The average Bonchev–Trinajstić information content (AvgIpc) is 3.41. The summed E-state index contributed by atoms with van der Waals surface area (Å²) in [7, 11) is 0. The maximum absolute atomic E-state index is 12.5. The molecule has 0 unspecified atom stereocenters. The van der Waals surface area contributed by atoms with Gasteiger partial charge in [-0.3, -0.25) is 14.9 Å². The highest BCUT2D eigenvalue weighted by Gasteiger charge is 2.13. The molecule has 0 aliphatic heterocycles. The summed E-state index contributed by atoms with van der Waals surface area (Å²) in [4.78, 5) is 23.0. The molecule has 9 heteroatoms. The summed E-state index contributed by atoms with van der Waals surface area (Å²) >= 11 is 0. The molecular weight excluding hydrogens is 494 g/mol. The number of hydrogen-bond acceptors (Lipinski definition) is 6. The quantitative estimate of drug-likeness (QED) is 0.151. The van der Waals surface area contributed by atoms with Crippen molar-refractivity contribution < 1.29 is 14.5 Å². The minimum absolute atomic E-state index is 0.132. The molecule has 0 radical (unpaired) electrons. The van der Waals surface area contributed by atoms with Crippen LogP contribution in [-0.2, 0) is 6.61 Å².